The minimum Gasteiger partial charge on any atom is -0.497 e. The van der Waals surface area contributed by atoms with Crippen molar-refractivity contribution in [3.63, 3.8) is 0 Å². The molecule has 0 bridgehead atoms. The maximum Gasteiger partial charge on any atom is 0.118 e. The molecule has 0 unspecified atom stereocenters. The van der Waals surface area contributed by atoms with Gasteiger partial charge in [0.2, 0.25) is 0 Å². The Labute approximate surface area is 173 Å². The maximum absolute atomic E-state index is 6.02. The lowest BCUT2D eigenvalue weighted by Gasteiger charge is -2.23. The first-order valence-electron chi connectivity index (χ1n) is 10.5. The van der Waals surface area contributed by atoms with Gasteiger partial charge >= 0.3 is 0 Å². The number of ether oxygens (including phenoxy) is 2. The molecule has 0 aliphatic heterocycles. The molecular weight excluding hydrogens is 358 g/mol. The summed E-state index contributed by atoms with van der Waals surface area (Å²) in [5.41, 5.74) is 9.12. The first-order chi connectivity index (χ1) is 14.3. The molecule has 1 aromatic heterocycles. The van der Waals surface area contributed by atoms with Crippen LogP contribution in [0, 0.1) is 6.92 Å². The van der Waals surface area contributed by atoms with Gasteiger partial charge < -0.3 is 9.47 Å². The van der Waals surface area contributed by atoms with Crippen LogP contribution in [0.2, 0.25) is 0 Å². The fraction of sp³-hybridized carbons (Fsp3) is 0.346. The van der Waals surface area contributed by atoms with Crippen molar-refractivity contribution in [2.45, 2.75) is 45.6 Å². The minimum atomic E-state index is 0.613. The molecule has 4 rings (SSSR count). The zero-order valence-corrected chi connectivity index (χ0v) is 17.4. The number of hydrogen-bond donors (Lipinski definition) is 0. The van der Waals surface area contributed by atoms with Crippen LogP contribution in [0.5, 0.6) is 5.75 Å². The number of pyridine rings is 1. The van der Waals surface area contributed by atoms with Crippen LogP contribution in [0.3, 0.4) is 0 Å². The van der Waals surface area contributed by atoms with Crippen molar-refractivity contribution >= 4 is 0 Å². The molecule has 1 heterocycles. The lowest BCUT2D eigenvalue weighted by molar-refractivity contribution is 0.123. The molecule has 0 saturated heterocycles. The lowest BCUT2D eigenvalue weighted by atomic mass is 9.85. The number of hydrogen-bond acceptors (Lipinski definition) is 3. The van der Waals surface area contributed by atoms with Gasteiger partial charge in [0.05, 0.1) is 20.3 Å². The molecule has 1 aliphatic carbocycles. The summed E-state index contributed by atoms with van der Waals surface area (Å²) in [5, 5.41) is 0. The van der Waals surface area contributed by atoms with Crippen molar-refractivity contribution in [1.82, 2.24) is 4.98 Å². The zero-order chi connectivity index (χ0) is 20.1. The number of methoxy groups -OCH3 is 1. The maximum atomic E-state index is 6.02. The number of fused-ring (bicyclic) bond motifs is 1. The van der Waals surface area contributed by atoms with E-state index < -0.39 is 0 Å². The largest absolute Gasteiger partial charge is 0.497 e. The summed E-state index contributed by atoms with van der Waals surface area (Å²) in [7, 11) is 1.69. The van der Waals surface area contributed by atoms with E-state index >= 15 is 0 Å². The summed E-state index contributed by atoms with van der Waals surface area (Å²) < 4.78 is 11.2. The van der Waals surface area contributed by atoms with Crippen molar-refractivity contribution in [2.75, 3.05) is 13.7 Å². The highest BCUT2D eigenvalue weighted by atomic mass is 16.5. The predicted octanol–water partition coefficient (Wildman–Crippen LogP) is 5.70. The third kappa shape index (κ3) is 4.51. The molecule has 0 radical (unpaired) electrons. The normalized spacial score (nSPS) is 13.2. The molecule has 3 aromatic rings. The van der Waals surface area contributed by atoms with E-state index in [2.05, 4.69) is 49.4 Å². The third-order valence-electron chi connectivity index (χ3n) is 5.77. The third-order valence-corrected chi connectivity index (χ3v) is 5.77. The van der Waals surface area contributed by atoms with Gasteiger partial charge in [0.25, 0.3) is 0 Å². The minimum absolute atomic E-state index is 0.613. The molecule has 0 amide bonds. The van der Waals surface area contributed by atoms with Crippen molar-refractivity contribution in [2.24, 2.45) is 0 Å². The highest BCUT2D eigenvalue weighted by Crippen LogP contribution is 2.35. The lowest BCUT2D eigenvalue weighted by Crippen LogP contribution is -2.13. The Hall–Kier alpha value is -2.65. The molecule has 150 valence electrons. The van der Waals surface area contributed by atoms with Crippen LogP contribution < -0.4 is 4.74 Å². The summed E-state index contributed by atoms with van der Waals surface area (Å²) in [6, 6.07) is 18.9. The molecule has 0 N–H and O–H groups in total. The summed E-state index contributed by atoms with van der Waals surface area (Å²) in [4.78, 5) is 4.99. The second-order valence-corrected chi connectivity index (χ2v) is 7.70. The highest BCUT2D eigenvalue weighted by Gasteiger charge is 2.21. The van der Waals surface area contributed by atoms with Crippen LogP contribution in [0.25, 0.3) is 11.1 Å². The molecule has 0 fully saturated rings. The van der Waals surface area contributed by atoms with Crippen LogP contribution in [0.1, 0.15) is 40.9 Å². The second-order valence-electron chi connectivity index (χ2n) is 7.70. The van der Waals surface area contributed by atoms with Crippen molar-refractivity contribution in [3.8, 4) is 16.9 Å². The molecule has 0 atom stereocenters. The van der Waals surface area contributed by atoms with Crippen LogP contribution in [0.15, 0.2) is 54.6 Å². The molecule has 2 aromatic carbocycles. The first kappa shape index (κ1) is 19.7. The van der Waals surface area contributed by atoms with Gasteiger partial charge in [-0.3, -0.25) is 4.98 Å². The fourth-order valence-electron chi connectivity index (χ4n) is 4.26. The van der Waals surface area contributed by atoms with Gasteiger partial charge in [-0.05, 0) is 79.0 Å². The molecular formula is C26H29NO2. The van der Waals surface area contributed by atoms with Gasteiger partial charge in [-0.25, -0.2) is 0 Å². The molecule has 1 aliphatic rings. The van der Waals surface area contributed by atoms with E-state index in [9.17, 15) is 0 Å². The number of aryl methyl sites for hydroxylation is 2. The predicted molar refractivity (Wildman–Crippen MR) is 117 cm³/mol. The first-order valence-corrected chi connectivity index (χ1v) is 10.5. The van der Waals surface area contributed by atoms with E-state index in [-0.39, 0.29) is 0 Å². The monoisotopic (exact) mass is 387 g/mol. The van der Waals surface area contributed by atoms with Gasteiger partial charge in [0.15, 0.2) is 0 Å². The summed E-state index contributed by atoms with van der Waals surface area (Å²) in [5.74, 6) is 0.872. The number of nitrogens with zero attached hydrogens (tertiary/aromatic N) is 1. The fourth-order valence-corrected chi connectivity index (χ4v) is 4.26. The summed E-state index contributed by atoms with van der Waals surface area (Å²) in [6.45, 7) is 3.45. The smallest absolute Gasteiger partial charge is 0.118 e. The molecule has 3 heteroatoms. The van der Waals surface area contributed by atoms with Gasteiger partial charge in [0, 0.05) is 11.4 Å². The van der Waals surface area contributed by atoms with E-state index in [1.165, 1.54) is 40.8 Å². The van der Waals surface area contributed by atoms with Crippen LogP contribution in [-0.4, -0.2) is 18.7 Å². The Morgan fingerprint density at radius 2 is 1.69 bits per heavy atom. The molecule has 29 heavy (non-hydrogen) atoms. The standard InChI is InChI=1S/C26H29NO2/c1-19-23(16-17-29-18-20-12-14-22(28-2)15-13-20)26(21-8-4-3-5-9-21)24-10-6-7-11-25(24)27-19/h3-5,8-9,12-15H,6-7,10-11,16-18H2,1-2H3. The van der Waals surface area contributed by atoms with E-state index in [0.717, 1.165) is 36.3 Å². The Balaban J connectivity index is 1.53. The molecule has 0 spiro atoms. The SMILES string of the molecule is COc1ccc(COCCc2c(C)nc3c(c2-c2ccccc2)CCCC3)cc1. The number of rotatable bonds is 7. The molecule has 3 nitrogen and oxygen atoms in total. The number of benzene rings is 2. The zero-order valence-electron chi connectivity index (χ0n) is 17.4. The topological polar surface area (TPSA) is 31.4 Å². The van der Waals surface area contributed by atoms with Crippen LogP contribution in [-0.2, 0) is 30.6 Å². The summed E-state index contributed by atoms with van der Waals surface area (Å²) in [6.07, 6.45) is 5.62. The van der Waals surface area contributed by atoms with E-state index in [4.69, 9.17) is 14.5 Å². The van der Waals surface area contributed by atoms with Crippen molar-refractivity contribution < 1.29 is 9.47 Å². The van der Waals surface area contributed by atoms with Crippen molar-refractivity contribution in [1.29, 1.82) is 0 Å². The average molecular weight is 388 g/mol. The van der Waals surface area contributed by atoms with E-state index in [1.807, 2.05) is 12.1 Å². The van der Waals surface area contributed by atoms with Crippen LogP contribution in [0.4, 0.5) is 0 Å². The van der Waals surface area contributed by atoms with Crippen LogP contribution >= 0.6 is 0 Å². The van der Waals surface area contributed by atoms with Gasteiger partial charge in [-0.2, -0.15) is 0 Å². The van der Waals surface area contributed by atoms with Gasteiger partial charge in [0.1, 0.15) is 5.75 Å². The Kier molecular flexibility index (Phi) is 6.26. The molecule has 0 saturated carbocycles. The Morgan fingerprint density at radius 1 is 0.931 bits per heavy atom. The highest BCUT2D eigenvalue weighted by molar-refractivity contribution is 5.73. The van der Waals surface area contributed by atoms with Crippen molar-refractivity contribution in [3.05, 3.63) is 82.7 Å². The quantitative estimate of drug-likeness (QED) is 0.487. The second kappa shape index (κ2) is 9.23. The average Bonchev–Trinajstić information content (AvgIpc) is 2.77. The Bertz CT molecular complexity index is 949. The van der Waals surface area contributed by atoms with E-state index in [1.54, 1.807) is 7.11 Å². The van der Waals surface area contributed by atoms with Gasteiger partial charge in [-0.1, -0.05) is 42.5 Å². The number of aromatic nitrogens is 1. The summed E-state index contributed by atoms with van der Waals surface area (Å²) >= 11 is 0. The Morgan fingerprint density at radius 3 is 2.45 bits per heavy atom. The van der Waals surface area contributed by atoms with E-state index in [0.29, 0.717) is 13.2 Å². The van der Waals surface area contributed by atoms with Gasteiger partial charge in [-0.15, -0.1) is 0 Å².